The Hall–Kier alpha value is -3.69. The van der Waals surface area contributed by atoms with Gasteiger partial charge in [-0.05, 0) is 30.2 Å². The Labute approximate surface area is 201 Å². The van der Waals surface area contributed by atoms with Crippen LogP contribution in [0.15, 0.2) is 78.3 Å². The Morgan fingerprint density at radius 3 is 2.63 bits per heavy atom. The second-order valence-corrected chi connectivity index (χ2v) is 8.53. The van der Waals surface area contributed by atoms with Crippen molar-refractivity contribution in [2.45, 2.75) is 31.5 Å². The van der Waals surface area contributed by atoms with Gasteiger partial charge in [0.1, 0.15) is 12.7 Å². The van der Waals surface area contributed by atoms with E-state index < -0.39 is 35.4 Å². The van der Waals surface area contributed by atoms with Gasteiger partial charge in [0.25, 0.3) is 5.91 Å². The molecular weight excluding hydrogens is 456 g/mol. The van der Waals surface area contributed by atoms with Gasteiger partial charge in [0.15, 0.2) is 23.0 Å². The molecule has 1 saturated heterocycles. The molecule has 2 aromatic rings. The Kier molecular flexibility index (Phi) is 6.04. The number of rotatable bonds is 2. The third-order valence-electron chi connectivity index (χ3n) is 6.49. The average molecular weight is 481 g/mol. The number of hydrogen-bond acceptors (Lipinski definition) is 6. The molecule has 2 bridgehead atoms. The predicted octanol–water partition coefficient (Wildman–Crippen LogP) is 3.76. The number of benzene rings is 2. The highest BCUT2D eigenvalue weighted by Gasteiger charge is 2.45. The van der Waals surface area contributed by atoms with Crippen LogP contribution in [0.1, 0.15) is 30.5 Å². The van der Waals surface area contributed by atoms with Gasteiger partial charge in [-0.2, -0.15) is 9.40 Å². The van der Waals surface area contributed by atoms with E-state index in [1.807, 2.05) is 37.3 Å². The molecule has 35 heavy (non-hydrogen) atoms. The smallest absolute Gasteiger partial charge is 0.277 e. The monoisotopic (exact) mass is 481 g/mol. The third kappa shape index (κ3) is 3.86. The second-order valence-electron chi connectivity index (χ2n) is 8.53. The standard InChI is InChI=1S/C26H25F2N3O4/c1-2-17-9-6-14-35-25-18(10-11-19(27)21(25)28)22(16-7-4-3-5-8-16)31-15-29(17)26(34)23-24(33)20(32)12-13-30(23)31/h3-13,17,20,22,32-33H,2,14-15H2,1H3/b9-6+/t17-,20?,22-/m0/s1. The number of halogens is 2. The first kappa shape index (κ1) is 23.1. The van der Waals surface area contributed by atoms with Crippen LogP contribution in [0.5, 0.6) is 5.75 Å². The van der Waals surface area contributed by atoms with Crippen molar-refractivity contribution in [2.75, 3.05) is 13.3 Å². The second kappa shape index (κ2) is 9.16. The number of aliphatic hydroxyl groups excluding tert-OH is 2. The quantitative estimate of drug-likeness (QED) is 0.637. The molecule has 2 N–H and O–H groups in total. The van der Waals surface area contributed by atoms with E-state index in [9.17, 15) is 19.4 Å². The summed E-state index contributed by atoms with van der Waals surface area (Å²) >= 11 is 0. The molecule has 1 amide bonds. The molecule has 4 atom stereocenters. The topological polar surface area (TPSA) is 76.5 Å². The molecule has 7 nitrogen and oxygen atoms in total. The third-order valence-corrected chi connectivity index (χ3v) is 6.49. The fraction of sp³-hybridized carbons (Fsp3) is 0.269. The van der Waals surface area contributed by atoms with Gasteiger partial charge >= 0.3 is 0 Å². The molecule has 2 unspecified atom stereocenters. The Morgan fingerprint density at radius 2 is 1.89 bits per heavy atom. The van der Waals surface area contributed by atoms with Crippen LogP contribution in [0.25, 0.3) is 0 Å². The number of aliphatic hydroxyl groups is 2. The van der Waals surface area contributed by atoms with Crippen LogP contribution in [0.2, 0.25) is 0 Å². The number of ether oxygens (including phenoxy) is 1. The maximum Gasteiger partial charge on any atom is 0.277 e. The zero-order chi connectivity index (χ0) is 24.7. The van der Waals surface area contributed by atoms with Gasteiger partial charge in [-0.1, -0.05) is 49.4 Å². The highest BCUT2D eigenvalue weighted by Crippen LogP contribution is 2.42. The zero-order valence-corrected chi connectivity index (χ0v) is 19.0. The van der Waals surface area contributed by atoms with Gasteiger partial charge in [-0.15, -0.1) is 0 Å². The van der Waals surface area contributed by atoms with E-state index in [0.717, 1.165) is 11.6 Å². The summed E-state index contributed by atoms with van der Waals surface area (Å²) in [6.07, 6.45) is 5.53. The molecule has 1 fully saturated rings. The molecule has 5 rings (SSSR count). The molecule has 3 aliphatic rings. The highest BCUT2D eigenvalue weighted by atomic mass is 19.2. The molecule has 3 heterocycles. The lowest BCUT2D eigenvalue weighted by molar-refractivity contribution is -0.152. The van der Waals surface area contributed by atoms with Crippen molar-refractivity contribution >= 4 is 5.91 Å². The SMILES string of the molecule is CC[C@H]1/C=C/COc2c(ccc(F)c2F)[C@H](c2ccccc2)N2CN1C(=O)C1=C(O)C(O)C=CN12. The molecule has 2 aromatic carbocycles. The van der Waals surface area contributed by atoms with E-state index >= 15 is 4.39 Å². The minimum Gasteiger partial charge on any atom is -0.507 e. The van der Waals surface area contributed by atoms with E-state index in [2.05, 4.69) is 0 Å². The van der Waals surface area contributed by atoms with Crippen molar-refractivity contribution in [3.63, 3.8) is 0 Å². The van der Waals surface area contributed by atoms with E-state index in [1.165, 1.54) is 23.4 Å². The van der Waals surface area contributed by atoms with E-state index in [0.29, 0.717) is 12.0 Å². The Bertz CT molecular complexity index is 1230. The number of nitrogens with zero attached hydrogens (tertiary/aromatic N) is 3. The summed E-state index contributed by atoms with van der Waals surface area (Å²) in [6, 6.07) is 10.6. The normalized spacial score (nSPS) is 27.0. The molecule has 3 aliphatic heterocycles. The Morgan fingerprint density at radius 1 is 1.11 bits per heavy atom. The fourth-order valence-electron chi connectivity index (χ4n) is 4.75. The maximum atomic E-state index is 15.1. The number of carbonyl (C=O) groups is 1. The van der Waals surface area contributed by atoms with Crippen LogP contribution in [0, 0.1) is 11.6 Å². The van der Waals surface area contributed by atoms with Crippen LogP contribution in [0.3, 0.4) is 0 Å². The molecule has 0 aliphatic carbocycles. The minimum absolute atomic E-state index is 0.0241. The average Bonchev–Trinajstić information content (AvgIpc) is 2.89. The first-order valence-corrected chi connectivity index (χ1v) is 11.4. The number of hydrogen-bond donors (Lipinski definition) is 2. The van der Waals surface area contributed by atoms with E-state index in [4.69, 9.17) is 4.74 Å². The summed E-state index contributed by atoms with van der Waals surface area (Å²) in [4.78, 5) is 15.1. The van der Waals surface area contributed by atoms with Gasteiger partial charge in [0, 0.05) is 11.8 Å². The first-order chi connectivity index (χ1) is 16.9. The van der Waals surface area contributed by atoms with Gasteiger partial charge < -0.3 is 19.8 Å². The van der Waals surface area contributed by atoms with Crippen molar-refractivity contribution < 1.29 is 28.5 Å². The van der Waals surface area contributed by atoms with Crippen LogP contribution in [-0.2, 0) is 4.79 Å². The van der Waals surface area contributed by atoms with Crippen molar-refractivity contribution in [2.24, 2.45) is 0 Å². The van der Waals surface area contributed by atoms with Crippen molar-refractivity contribution in [1.29, 1.82) is 0 Å². The van der Waals surface area contributed by atoms with Crippen LogP contribution >= 0.6 is 0 Å². The molecule has 0 spiro atoms. The lowest BCUT2D eigenvalue weighted by atomic mass is 9.96. The number of fused-ring (bicyclic) bond motifs is 5. The van der Waals surface area contributed by atoms with Crippen LogP contribution in [-0.4, -0.2) is 56.5 Å². The van der Waals surface area contributed by atoms with Crippen molar-refractivity contribution in [3.05, 3.63) is 101 Å². The number of carbonyl (C=O) groups excluding carboxylic acids is 1. The molecular formula is C26H25F2N3O4. The minimum atomic E-state index is -1.34. The van der Waals surface area contributed by atoms with Crippen LogP contribution < -0.4 is 4.74 Å². The Balaban J connectivity index is 1.78. The summed E-state index contributed by atoms with van der Waals surface area (Å²) in [7, 11) is 0. The molecule has 0 aromatic heterocycles. The fourth-order valence-corrected chi connectivity index (χ4v) is 4.75. The highest BCUT2D eigenvalue weighted by molar-refractivity contribution is 5.95. The number of amides is 1. The van der Waals surface area contributed by atoms with Crippen LogP contribution in [0.4, 0.5) is 8.78 Å². The molecule has 0 saturated carbocycles. The van der Waals surface area contributed by atoms with Gasteiger partial charge in [-0.3, -0.25) is 9.80 Å². The van der Waals surface area contributed by atoms with Gasteiger partial charge in [0.05, 0.1) is 18.8 Å². The van der Waals surface area contributed by atoms with E-state index in [-0.39, 0.29) is 30.8 Å². The summed E-state index contributed by atoms with van der Waals surface area (Å²) < 4.78 is 35.1. The van der Waals surface area contributed by atoms with Gasteiger partial charge in [-0.25, -0.2) is 4.39 Å². The van der Waals surface area contributed by atoms with E-state index in [1.54, 1.807) is 22.1 Å². The predicted molar refractivity (Wildman–Crippen MR) is 124 cm³/mol. The van der Waals surface area contributed by atoms with Crippen molar-refractivity contribution in [3.8, 4) is 5.75 Å². The molecule has 182 valence electrons. The van der Waals surface area contributed by atoms with Gasteiger partial charge in [0.2, 0.25) is 5.82 Å². The molecule has 0 radical (unpaired) electrons. The lowest BCUT2D eigenvalue weighted by Crippen LogP contribution is -2.60. The first-order valence-electron chi connectivity index (χ1n) is 11.4. The summed E-state index contributed by atoms with van der Waals surface area (Å²) in [6.45, 7) is 1.97. The molecule has 9 heteroatoms. The largest absolute Gasteiger partial charge is 0.507 e. The summed E-state index contributed by atoms with van der Waals surface area (Å²) in [5, 5.41) is 24.2. The zero-order valence-electron chi connectivity index (χ0n) is 19.0. The lowest BCUT2D eigenvalue weighted by Gasteiger charge is -2.50. The summed E-state index contributed by atoms with van der Waals surface area (Å²) in [5.41, 5.74) is 0.991. The van der Waals surface area contributed by atoms with Crippen molar-refractivity contribution in [1.82, 2.24) is 14.9 Å². The summed E-state index contributed by atoms with van der Waals surface area (Å²) in [5.74, 6) is -3.28. The maximum absolute atomic E-state index is 15.1. The number of hydrazine groups is 1.